The smallest absolute Gasteiger partial charge is 0.274 e. The summed E-state index contributed by atoms with van der Waals surface area (Å²) in [6.45, 7) is 6.04. The molecule has 0 N–H and O–H groups in total. The summed E-state index contributed by atoms with van der Waals surface area (Å²) < 4.78 is 5.49. The molecule has 0 radical (unpaired) electrons. The van der Waals surface area contributed by atoms with Gasteiger partial charge in [0.15, 0.2) is 0 Å². The minimum absolute atomic E-state index is 0.00541. The molecule has 3 aromatic carbocycles. The minimum Gasteiger partial charge on any atom is -0.494 e. The molecule has 4 rings (SSSR count). The fourth-order valence-electron chi connectivity index (χ4n) is 3.84. The zero-order chi connectivity index (χ0) is 23.5. The molecular formula is C27H24N2O4. The molecule has 6 nitrogen and oxygen atoms in total. The molecule has 6 heteroatoms. The third-order valence-electron chi connectivity index (χ3n) is 5.65. The number of hydrogen-bond acceptors (Lipinski definition) is 4. The molecule has 3 aromatic rings. The van der Waals surface area contributed by atoms with Gasteiger partial charge in [0.25, 0.3) is 11.6 Å². The highest BCUT2D eigenvalue weighted by Crippen LogP contribution is 2.38. The number of carbonyl (C=O) groups excluding carboxylic acids is 1. The van der Waals surface area contributed by atoms with Crippen LogP contribution >= 0.6 is 0 Å². The molecule has 0 spiro atoms. The van der Waals surface area contributed by atoms with Crippen molar-refractivity contribution in [2.45, 2.75) is 20.8 Å². The molecule has 0 bridgehead atoms. The van der Waals surface area contributed by atoms with Gasteiger partial charge in [0, 0.05) is 17.2 Å². The second-order valence-corrected chi connectivity index (χ2v) is 7.80. The second kappa shape index (κ2) is 9.12. The van der Waals surface area contributed by atoms with Crippen LogP contribution in [-0.4, -0.2) is 17.4 Å². The maximum absolute atomic E-state index is 13.6. The van der Waals surface area contributed by atoms with Gasteiger partial charge in [-0.1, -0.05) is 42.5 Å². The van der Waals surface area contributed by atoms with Crippen molar-refractivity contribution in [3.63, 3.8) is 0 Å². The van der Waals surface area contributed by atoms with Crippen LogP contribution in [0.3, 0.4) is 0 Å². The van der Waals surface area contributed by atoms with E-state index in [-0.39, 0.29) is 11.6 Å². The largest absolute Gasteiger partial charge is 0.494 e. The highest BCUT2D eigenvalue weighted by atomic mass is 16.6. The second-order valence-electron chi connectivity index (χ2n) is 7.80. The number of nitro groups is 1. The average molecular weight is 440 g/mol. The van der Waals surface area contributed by atoms with Gasteiger partial charge in [0.05, 0.1) is 22.9 Å². The fraction of sp³-hybridized carbons (Fsp3) is 0.148. The van der Waals surface area contributed by atoms with E-state index in [1.54, 1.807) is 11.8 Å². The highest BCUT2D eigenvalue weighted by molar-refractivity contribution is 6.23. The molecule has 166 valence electrons. The van der Waals surface area contributed by atoms with Gasteiger partial charge in [0.2, 0.25) is 0 Å². The van der Waals surface area contributed by atoms with Crippen LogP contribution in [0.25, 0.3) is 11.8 Å². The topological polar surface area (TPSA) is 72.7 Å². The molecule has 1 amide bonds. The predicted molar refractivity (Wildman–Crippen MR) is 130 cm³/mol. The van der Waals surface area contributed by atoms with Crippen LogP contribution < -0.4 is 9.64 Å². The molecule has 33 heavy (non-hydrogen) atoms. The van der Waals surface area contributed by atoms with Crippen molar-refractivity contribution in [1.29, 1.82) is 0 Å². The van der Waals surface area contributed by atoms with E-state index in [4.69, 9.17) is 4.74 Å². The lowest BCUT2D eigenvalue weighted by atomic mass is 10.1. The number of anilines is 1. The van der Waals surface area contributed by atoms with Gasteiger partial charge in [-0.2, -0.15) is 0 Å². The lowest BCUT2D eigenvalue weighted by Gasteiger charge is -2.21. The summed E-state index contributed by atoms with van der Waals surface area (Å²) in [6, 6.07) is 20.3. The maximum Gasteiger partial charge on any atom is 0.274 e. The van der Waals surface area contributed by atoms with Crippen LogP contribution in [0, 0.1) is 24.0 Å². The fourth-order valence-corrected chi connectivity index (χ4v) is 3.84. The predicted octanol–water partition coefficient (Wildman–Crippen LogP) is 6.08. The SMILES string of the molecule is CCOc1ccc(/C=C2\C=C(c3ccccc3)N(c3cc(C)c(C)c([N+](=O)[O-])c3)C2=O)cc1. The van der Waals surface area contributed by atoms with Crippen molar-refractivity contribution < 1.29 is 14.5 Å². The molecule has 1 aliphatic heterocycles. The van der Waals surface area contributed by atoms with Gasteiger partial charge in [-0.05, 0) is 67.8 Å². The Morgan fingerprint density at radius 2 is 1.73 bits per heavy atom. The van der Waals surface area contributed by atoms with Crippen LogP contribution in [0.4, 0.5) is 11.4 Å². The van der Waals surface area contributed by atoms with Gasteiger partial charge in [-0.25, -0.2) is 0 Å². The average Bonchev–Trinajstić information content (AvgIpc) is 3.13. The number of rotatable bonds is 6. The summed E-state index contributed by atoms with van der Waals surface area (Å²) in [5.74, 6) is 0.530. The molecule has 0 atom stereocenters. The summed E-state index contributed by atoms with van der Waals surface area (Å²) in [5.41, 5.74) is 4.69. The molecule has 0 aromatic heterocycles. The van der Waals surface area contributed by atoms with Gasteiger partial charge in [-0.15, -0.1) is 0 Å². The van der Waals surface area contributed by atoms with E-state index in [9.17, 15) is 14.9 Å². The minimum atomic E-state index is -0.408. The van der Waals surface area contributed by atoms with E-state index in [1.165, 1.54) is 6.07 Å². The Labute approximate surface area is 192 Å². The first-order chi connectivity index (χ1) is 15.9. The first-order valence-corrected chi connectivity index (χ1v) is 10.7. The van der Waals surface area contributed by atoms with Crippen LogP contribution in [0.1, 0.15) is 29.2 Å². The summed E-state index contributed by atoms with van der Waals surface area (Å²) in [6.07, 6.45) is 3.64. The molecular weight excluding hydrogens is 416 g/mol. The number of nitrogens with zero attached hydrogens (tertiary/aromatic N) is 2. The lowest BCUT2D eigenvalue weighted by Crippen LogP contribution is -2.25. The van der Waals surface area contributed by atoms with Gasteiger partial charge >= 0.3 is 0 Å². The Hall–Kier alpha value is -4.19. The molecule has 0 saturated heterocycles. The standard InChI is InChI=1S/C27H24N2O4/c1-4-33-24-12-10-20(11-13-24)15-22-16-26(21-8-6-5-7-9-21)28(27(22)30)23-14-18(2)19(3)25(17-23)29(31)32/h5-17H,4H2,1-3H3/b22-15+. The summed E-state index contributed by atoms with van der Waals surface area (Å²) in [7, 11) is 0. The van der Waals surface area contributed by atoms with Crippen LogP contribution in [0.15, 0.2) is 78.4 Å². The monoisotopic (exact) mass is 440 g/mol. The third-order valence-corrected chi connectivity index (χ3v) is 5.65. The maximum atomic E-state index is 13.6. The van der Waals surface area contributed by atoms with Crippen LogP contribution in [0.2, 0.25) is 0 Å². The van der Waals surface area contributed by atoms with Crippen LogP contribution in [0.5, 0.6) is 5.75 Å². The first kappa shape index (κ1) is 22.0. The normalized spacial score (nSPS) is 14.5. The molecule has 0 unspecified atom stereocenters. The number of ether oxygens (including phenoxy) is 1. The Morgan fingerprint density at radius 1 is 1.03 bits per heavy atom. The number of nitro benzene ring substituents is 1. The van der Waals surface area contributed by atoms with Gasteiger partial charge in [0.1, 0.15) is 5.75 Å². The van der Waals surface area contributed by atoms with E-state index >= 15 is 0 Å². The van der Waals surface area contributed by atoms with Crippen molar-refractivity contribution in [3.05, 3.63) is 111 Å². The van der Waals surface area contributed by atoms with E-state index in [0.717, 1.165) is 22.4 Å². The van der Waals surface area contributed by atoms with E-state index in [1.807, 2.05) is 86.7 Å². The van der Waals surface area contributed by atoms with Crippen molar-refractivity contribution in [1.82, 2.24) is 0 Å². The number of amides is 1. The number of aryl methyl sites for hydroxylation is 1. The lowest BCUT2D eigenvalue weighted by molar-refractivity contribution is -0.385. The zero-order valence-corrected chi connectivity index (χ0v) is 18.7. The van der Waals surface area contributed by atoms with Gasteiger partial charge < -0.3 is 4.74 Å². The highest BCUT2D eigenvalue weighted by Gasteiger charge is 2.32. The quantitative estimate of drug-likeness (QED) is 0.264. The van der Waals surface area contributed by atoms with E-state index < -0.39 is 4.92 Å². The van der Waals surface area contributed by atoms with Crippen molar-refractivity contribution in [2.75, 3.05) is 11.5 Å². The molecule has 0 fully saturated rings. The van der Waals surface area contributed by atoms with Crippen molar-refractivity contribution >= 4 is 29.1 Å². The van der Waals surface area contributed by atoms with Crippen molar-refractivity contribution in [3.8, 4) is 5.75 Å². The number of carbonyl (C=O) groups is 1. The van der Waals surface area contributed by atoms with Gasteiger partial charge in [-0.3, -0.25) is 19.8 Å². The number of benzene rings is 3. The Balaban J connectivity index is 1.81. The van der Waals surface area contributed by atoms with Crippen molar-refractivity contribution in [2.24, 2.45) is 0 Å². The summed E-state index contributed by atoms with van der Waals surface area (Å²) in [4.78, 5) is 26.3. The first-order valence-electron chi connectivity index (χ1n) is 10.7. The van der Waals surface area contributed by atoms with E-state index in [2.05, 4.69) is 0 Å². The number of hydrogen-bond donors (Lipinski definition) is 0. The van der Waals surface area contributed by atoms with E-state index in [0.29, 0.717) is 29.1 Å². The summed E-state index contributed by atoms with van der Waals surface area (Å²) >= 11 is 0. The molecule has 1 heterocycles. The summed E-state index contributed by atoms with van der Waals surface area (Å²) in [5, 5.41) is 11.6. The molecule has 0 saturated carbocycles. The third kappa shape index (κ3) is 4.41. The Morgan fingerprint density at radius 3 is 2.36 bits per heavy atom. The Kier molecular flexibility index (Phi) is 6.09. The molecule has 1 aliphatic rings. The molecule has 0 aliphatic carbocycles. The Bertz CT molecular complexity index is 1280. The van der Waals surface area contributed by atoms with Crippen LogP contribution in [-0.2, 0) is 4.79 Å². The zero-order valence-electron chi connectivity index (χ0n) is 18.7.